The number of nitrogens with one attached hydrogen (secondary N) is 1. The third-order valence-electron chi connectivity index (χ3n) is 4.38. The zero-order chi connectivity index (χ0) is 11.4. The van der Waals surface area contributed by atoms with Crippen LogP contribution in [0.2, 0.25) is 0 Å². The predicted molar refractivity (Wildman–Crippen MR) is 67.1 cm³/mol. The molecule has 0 aromatic carbocycles. The molecule has 0 amide bonds. The van der Waals surface area contributed by atoms with E-state index in [0.717, 1.165) is 12.0 Å². The molecule has 2 rings (SSSR count). The zero-order valence-corrected chi connectivity index (χ0v) is 10.9. The van der Waals surface area contributed by atoms with Crippen molar-refractivity contribution in [2.75, 3.05) is 6.61 Å². The number of hydrogen-bond donors (Lipinski definition) is 1. The number of rotatable bonds is 4. The molecule has 0 unspecified atom stereocenters. The van der Waals surface area contributed by atoms with Crippen LogP contribution >= 0.6 is 0 Å². The van der Waals surface area contributed by atoms with Crippen LogP contribution < -0.4 is 5.48 Å². The minimum Gasteiger partial charge on any atom is -0.301 e. The van der Waals surface area contributed by atoms with Crippen LogP contribution in [0.25, 0.3) is 0 Å². The Kier molecular flexibility index (Phi) is 4.26. The highest BCUT2D eigenvalue weighted by atomic mass is 16.6. The highest BCUT2D eigenvalue weighted by Gasteiger charge is 2.37. The van der Waals surface area contributed by atoms with E-state index in [9.17, 15) is 0 Å². The molecule has 2 nitrogen and oxygen atoms in total. The Hall–Kier alpha value is -0.0800. The molecule has 0 aromatic rings. The highest BCUT2D eigenvalue weighted by molar-refractivity contribution is 4.90. The van der Waals surface area contributed by atoms with Gasteiger partial charge >= 0.3 is 0 Å². The molecule has 2 aliphatic carbocycles. The molecule has 16 heavy (non-hydrogen) atoms. The summed E-state index contributed by atoms with van der Waals surface area (Å²) in [5.41, 5.74) is 4.01. The standard InChI is InChI=1S/C14H27NO/c1-12(2)11-16-15-13-5-9-14(10-6-13)7-3-4-8-14/h12-13,15H,3-11H2,1-2H3. The van der Waals surface area contributed by atoms with Crippen molar-refractivity contribution in [3.05, 3.63) is 0 Å². The van der Waals surface area contributed by atoms with E-state index >= 15 is 0 Å². The molecular formula is C14H27NO. The van der Waals surface area contributed by atoms with E-state index in [1.165, 1.54) is 51.4 Å². The lowest BCUT2D eigenvalue weighted by atomic mass is 9.71. The Bertz CT molecular complexity index is 199. The maximum absolute atomic E-state index is 5.54. The SMILES string of the molecule is CC(C)CONC1CCC2(CCCC2)CC1. The van der Waals surface area contributed by atoms with Crippen molar-refractivity contribution < 1.29 is 4.84 Å². The van der Waals surface area contributed by atoms with Crippen molar-refractivity contribution in [3.8, 4) is 0 Å². The summed E-state index contributed by atoms with van der Waals surface area (Å²) in [7, 11) is 0. The fraction of sp³-hybridized carbons (Fsp3) is 1.00. The maximum Gasteiger partial charge on any atom is 0.0705 e. The molecule has 0 radical (unpaired) electrons. The summed E-state index contributed by atoms with van der Waals surface area (Å²) in [6, 6.07) is 0.616. The summed E-state index contributed by atoms with van der Waals surface area (Å²) < 4.78 is 0. The van der Waals surface area contributed by atoms with Gasteiger partial charge in [0, 0.05) is 6.04 Å². The first-order valence-electron chi connectivity index (χ1n) is 7.08. The van der Waals surface area contributed by atoms with Gasteiger partial charge in [-0.05, 0) is 49.9 Å². The van der Waals surface area contributed by atoms with Crippen LogP contribution in [0.1, 0.15) is 65.2 Å². The summed E-state index contributed by atoms with van der Waals surface area (Å²) in [6.45, 7) is 5.22. The van der Waals surface area contributed by atoms with E-state index < -0.39 is 0 Å². The predicted octanol–water partition coefficient (Wildman–Crippen LogP) is 3.67. The summed E-state index contributed by atoms with van der Waals surface area (Å²) in [6.07, 6.45) is 11.4. The van der Waals surface area contributed by atoms with Crippen molar-refractivity contribution >= 4 is 0 Å². The van der Waals surface area contributed by atoms with E-state index in [1.807, 2.05) is 0 Å². The molecule has 2 fully saturated rings. The maximum atomic E-state index is 5.54. The van der Waals surface area contributed by atoms with Gasteiger partial charge in [0.1, 0.15) is 0 Å². The van der Waals surface area contributed by atoms with E-state index in [1.54, 1.807) is 0 Å². The van der Waals surface area contributed by atoms with Gasteiger partial charge in [-0.15, -0.1) is 0 Å². The molecule has 0 atom stereocenters. The molecule has 0 heterocycles. The molecular weight excluding hydrogens is 198 g/mol. The van der Waals surface area contributed by atoms with Gasteiger partial charge in [0.15, 0.2) is 0 Å². The minimum atomic E-state index is 0.616. The quantitative estimate of drug-likeness (QED) is 0.737. The fourth-order valence-electron chi connectivity index (χ4n) is 3.31. The molecule has 0 aliphatic heterocycles. The van der Waals surface area contributed by atoms with Gasteiger partial charge in [-0.3, -0.25) is 0 Å². The second kappa shape index (κ2) is 5.50. The first kappa shape index (κ1) is 12.4. The smallest absolute Gasteiger partial charge is 0.0705 e. The van der Waals surface area contributed by atoms with Crippen molar-refractivity contribution in [1.29, 1.82) is 0 Å². The Balaban J connectivity index is 1.65. The van der Waals surface area contributed by atoms with Gasteiger partial charge in [-0.1, -0.05) is 26.7 Å². The van der Waals surface area contributed by atoms with Crippen molar-refractivity contribution in [2.45, 2.75) is 71.3 Å². The molecule has 0 aromatic heterocycles. The van der Waals surface area contributed by atoms with Crippen LogP contribution in [0.3, 0.4) is 0 Å². The van der Waals surface area contributed by atoms with E-state index in [0.29, 0.717) is 12.0 Å². The van der Waals surface area contributed by atoms with Crippen molar-refractivity contribution in [3.63, 3.8) is 0 Å². The molecule has 2 aliphatic rings. The van der Waals surface area contributed by atoms with Crippen LogP contribution in [-0.2, 0) is 4.84 Å². The first-order chi connectivity index (χ1) is 7.70. The average Bonchev–Trinajstić information content (AvgIpc) is 2.70. The molecule has 0 saturated heterocycles. The molecule has 94 valence electrons. The van der Waals surface area contributed by atoms with Crippen LogP contribution in [-0.4, -0.2) is 12.6 Å². The van der Waals surface area contributed by atoms with Gasteiger partial charge in [0.05, 0.1) is 6.61 Å². The Labute approximate surface area is 100 Å². The fourth-order valence-corrected chi connectivity index (χ4v) is 3.31. The van der Waals surface area contributed by atoms with Gasteiger partial charge in [0.25, 0.3) is 0 Å². The lowest BCUT2D eigenvalue weighted by Gasteiger charge is -2.37. The van der Waals surface area contributed by atoms with Gasteiger partial charge in [-0.25, -0.2) is 0 Å². The second-order valence-electron chi connectivity index (χ2n) is 6.30. The molecule has 0 bridgehead atoms. The minimum absolute atomic E-state index is 0.616. The zero-order valence-electron chi connectivity index (χ0n) is 10.9. The monoisotopic (exact) mass is 225 g/mol. The molecule has 2 heteroatoms. The average molecular weight is 225 g/mol. The van der Waals surface area contributed by atoms with Gasteiger partial charge in [-0.2, -0.15) is 5.48 Å². The topological polar surface area (TPSA) is 21.3 Å². The Morgan fingerprint density at radius 2 is 1.75 bits per heavy atom. The third kappa shape index (κ3) is 3.21. The highest BCUT2D eigenvalue weighted by Crippen LogP contribution is 2.48. The normalized spacial score (nSPS) is 25.7. The van der Waals surface area contributed by atoms with Crippen LogP contribution in [0.15, 0.2) is 0 Å². The summed E-state index contributed by atoms with van der Waals surface area (Å²) >= 11 is 0. The summed E-state index contributed by atoms with van der Waals surface area (Å²) in [5.74, 6) is 0.622. The Morgan fingerprint density at radius 1 is 1.12 bits per heavy atom. The largest absolute Gasteiger partial charge is 0.301 e. The summed E-state index contributed by atoms with van der Waals surface area (Å²) in [4.78, 5) is 5.54. The van der Waals surface area contributed by atoms with E-state index in [4.69, 9.17) is 4.84 Å². The molecule has 2 saturated carbocycles. The van der Waals surface area contributed by atoms with Crippen molar-refractivity contribution in [1.82, 2.24) is 5.48 Å². The lowest BCUT2D eigenvalue weighted by Crippen LogP contribution is -2.37. The summed E-state index contributed by atoms with van der Waals surface area (Å²) in [5, 5.41) is 0. The van der Waals surface area contributed by atoms with Gasteiger partial charge in [0.2, 0.25) is 0 Å². The van der Waals surface area contributed by atoms with Crippen molar-refractivity contribution in [2.24, 2.45) is 11.3 Å². The lowest BCUT2D eigenvalue weighted by molar-refractivity contribution is -0.0171. The second-order valence-corrected chi connectivity index (χ2v) is 6.30. The Morgan fingerprint density at radius 3 is 2.31 bits per heavy atom. The number of hydrogen-bond acceptors (Lipinski definition) is 2. The van der Waals surface area contributed by atoms with Crippen LogP contribution in [0, 0.1) is 11.3 Å². The van der Waals surface area contributed by atoms with Crippen LogP contribution in [0.5, 0.6) is 0 Å². The molecule has 1 spiro atoms. The van der Waals surface area contributed by atoms with Gasteiger partial charge < -0.3 is 4.84 Å². The third-order valence-corrected chi connectivity index (χ3v) is 4.38. The first-order valence-corrected chi connectivity index (χ1v) is 7.08. The van der Waals surface area contributed by atoms with E-state index in [2.05, 4.69) is 19.3 Å². The van der Waals surface area contributed by atoms with E-state index in [-0.39, 0.29) is 0 Å². The molecule has 1 N–H and O–H groups in total. The number of hydroxylamine groups is 1. The van der Waals surface area contributed by atoms with Crippen LogP contribution in [0.4, 0.5) is 0 Å².